The Labute approximate surface area is 209 Å². The van der Waals surface area contributed by atoms with Crippen LogP contribution < -0.4 is 15.5 Å². The lowest BCUT2D eigenvalue weighted by molar-refractivity contribution is -0.119. The number of hydrogen-bond acceptors (Lipinski definition) is 4. The van der Waals surface area contributed by atoms with Crippen molar-refractivity contribution in [3.63, 3.8) is 0 Å². The summed E-state index contributed by atoms with van der Waals surface area (Å²) in [6.45, 7) is 0.00805. The monoisotopic (exact) mass is 483 g/mol. The molecule has 0 spiro atoms. The number of para-hydroxylation sites is 1. The summed E-state index contributed by atoms with van der Waals surface area (Å²) in [5, 5.41) is 6.93. The number of nitrogens with zero attached hydrogens (tertiary/aromatic N) is 3. The largest absolute Gasteiger partial charge is 0.375 e. The van der Waals surface area contributed by atoms with Gasteiger partial charge in [0.15, 0.2) is 5.11 Å². The van der Waals surface area contributed by atoms with E-state index < -0.39 is 0 Å². The van der Waals surface area contributed by atoms with Gasteiger partial charge in [-0.3, -0.25) is 9.78 Å². The van der Waals surface area contributed by atoms with Crippen molar-refractivity contribution in [3.05, 3.63) is 109 Å². The molecule has 1 aliphatic heterocycles. The van der Waals surface area contributed by atoms with Crippen LogP contribution in [-0.2, 0) is 9.53 Å². The molecule has 1 amide bonds. The van der Waals surface area contributed by atoms with E-state index in [1.807, 2.05) is 60.7 Å². The summed E-state index contributed by atoms with van der Waals surface area (Å²) in [6, 6.07) is 25.6. The number of amides is 1. The highest BCUT2D eigenvalue weighted by molar-refractivity contribution is 7.80. The predicted molar refractivity (Wildman–Crippen MR) is 141 cm³/mol. The summed E-state index contributed by atoms with van der Waals surface area (Å²) in [4.78, 5) is 18.6. The summed E-state index contributed by atoms with van der Waals surface area (Å²) in [6.07, 6.45) is 6.00. The minimum absolute atomic E-state index is 0.00805. The van der Waals surface area contributed by atoms with E-state index >= 15 is 0 Å². The quantitative estimate of drug-likeness (QED) is 0.374. The van der Waals surface area contributed by atoms with Gasteiger partial charge in [0.25, 0.3) is 0 Å². The van der Waals surface area contributed by atoms with Crippen LogP contribution in [0.1, 0.15) is 23.3 Å². The van der Waals surface area contributed by atoms with Gasteiger partial charge in [0.2, 0.25) is 5.91 Å². The number of thiocarbonyl (C=S) groups is 1. The third-order valence-electron chi connectivity index (χ3n) is 5.91. The molecule has 4 aromatic rings. The number of rotatable bonds is 7. The van der Waals surface area contributed by atoms with Crippen molar-refractivity contribution in [1.82, 2.24) is 14.9 Å². The van der Waals surface area contributed by atoms with Gasteiger partial charge < -0.3 is 24.8 Å². The van der Waals surface area contributed by atoms with Gasteiger partial charge in [-0.25, -0.2) is 0 Å². The molecule has 5 rings (SSSR count). The van der Waals surface area contributed by atoms with Crippen LogP contribution in [0.5, 0.6) is 0 Å². The molecule has 3 heterocycles. The van der Waals surface area contributed by atoms with Crippen molar-refractivity contribution in [3.8, 4) is 5.69 Å². The number of hydrogen-bond donors (Lipinski definition) is 2. The zero-order valence-corrected chi connectivity index (χ0v) is 20.0. The van der Waals surface area contributed by atoms with Crippen LogP contribution in [0.2, 0.25) is 0 Å². The summed E-state index contributed by atoms with van der Waals surface area (Å²) < 4.78 is 7.00. The molecule has 0 aliphatic carbocycles. The Morgan fingerprint density at radius 2 is 1.80 bits per heavy atom. The number of anilines is 2. The van der Waals surface area contributed by atoms with E-state index in [0.717, 1.165) is 22.6 Å². The Morgan fingerprint density at radius 3 is 2.51 bits per heavy atom. The summed E-state index contributed by atoms with van der Waals surface area (Å²) >= 11 is 5.81. The second kappa shape index (κ2) is 10.1. The zero-order chi connectivity index (χ0) is 24.2. The van der Waals surface area contributed by atoms with E-state index in [-0.39, 0.29) is 24.6 Å². The number of aromatic nitrogens is 2. The fourth-order valence-corrected chi connectivity index (χ4v) is 4.70. The van der Waals surface area contributed by atoms with Crippen LogP contribution in [0, 0.1) is 0 Å². The molecule has 2 N–H and O–H groups in total. The highest BCUT2D eigenvalue weighted by Gasteiger charge is 2.41. The van der Waals surface area contributed by atoms with E-state index in [2.05, 4.69) is 55.7 Å². The second-order valence-electron chi connectivity index (χ2n) is 8.21. The number of pyridine rings is 1. The number of nitrogens with one attached hydrogen (secondary N) is 2. The molecule has 0 radical (unpaired) electrons. The van der Waals surface area contributed by atoms with E-state index in [1.165, 1.54) is 7.11 Å². The van der Waals surface area contributed by atoms with Crippen molar-refractivity contribution in [2.75, 3.05) is 23.9 Å². The molecule has 35 heavy (non-hydrogen) atoms. The van der Waals surface area contributed by atoms with Crippen molar-refractivity contribution >= 4 is 34.6 Å². The first-order chi connectivity index (χ1) is 17.1. The van der Waals surface area contributed by atoms with Crippen molar-refractivity contribution in [2.45, 2.75) is 12.1 Å². The number of methoxy groups -OCH3 is 1. The third kappa shape index (κ3) is 4.80. The van der Waals surface area contributed by atoms with E-state index in [9.17, 15) is 4.79 Å². The zero-order valence-electron chi connectivity index (χ0n) is 19.2. The van der Waals surface area contributed by atoms with E-state index in [1.54, 1.807) is 6.20 Å². The predicted octanol–water partition coefficient (Wildman–Crippen LogP) is 4.63. The van der Waals surface area contributed by atoms with Crippen molar-refractivity contribution in [2.24, 2.45) is 0 Å². The maximum atomic E-state index is 11.9. The highest BCUT2D eigenvalue weighted by atomic mass is 32.1. The van der Waals surface area contributed by atoms with Crippen LogP contribution in [0.3, 0.4) is 0 Å². The molecular formula is C27H25N5O2S. The average Bonchev–Trinajstić information content (AvgIpc) is 3.50. The number of benzene rings is 2. The summed E-state index contributed by atoms with van der Waals surface area (Å²) in [7, 11) is 1.49. The molecule has 1 fully saturated rings. The molecule has 7 nitrogen and oxygen atoms in total. The molecular weight excluding hydrogens is 458 g/mol. The van der Waals surface area contributed by atoms with Crippen LogP contribution in [0.15, 0.2) is 97.5 Å². The third-order valence-corrected chi connectivity index (χ3v) is 6.23. The maximum absolute atomic E-state index is 11.9. The minimum Gasteiger partial charge on any atom is -0.375 e. The Bertz CT molecular complexity index is 1310. The SMILES string of the molecule is COCC(=O)Nc1ccc(N2C(=S)N[C@H](c3ccccn3)[C@@H]2c2ccn(-c3ccccc3)c2)cc1. The first kappa shape index (κ1) is 22.8. The molecule has 2 aromatic carbocycles. The Balaban J connectivity index is 1.50. The smallest absolute Gasteiger partial charge is 0.250 e. The molecule has 2 atom stereocenters. The molecule has 0 bridgehead atoms. The van der Waals surface area contributed by atoms with Gasteiger partial charge in [-0.1, -0.05) is 24.3 Å². The average molecular weight is 484 g/mol. The van der Waals surface area contributed by atoms with Gasteiger partial charge in [0.05, 0.1) is 17.8 Å². The molecule has 0 unspecified atom stereocenters. The molecule has 8 heteroatoms. The fourth-order valence-electron chi connectivity index (χ4n) is 4.35. The number of ether oxygens (including phenoxy) is 1. The Kier molecular flexibility index (Phi) is 6.56. The van der Waals surface area contributed by atoms with Crippen molar-refractivity contribution in [1.29, 1.82) is 0 Å². The maximum Gasteiger partial charge on any atom is 0.250 e. The van der Waals surface area contributed by atoms with Crippen LogP contribution >= 0.6 is 12.2 Å². The number of carbonyl (C=O) groups excluding carboxylic acids is 1. The lowest BCUT2D eigenvalue weighted by atomic mass is 9.98. The molecule has 176 valence electrons. The molecule has 1 aliphatic rings. The summed E-state index contributed by atoms with van der Waals surface area (Å²) in [5.41, 5.74) is 4.72. The van der Waals surface area contributed by atoms with Gasteiger partial charge in [-0.05, 0) is 72.4 Å². The molecule has 1 saturated heterocycles. The minimum atomic E-state index is -0.200. The van der Waals surface area contributed by atoms with Crippen molar-refractivity contribution < 1.29 is 9.53 Å². The number of carbonyl (C=O) groups is 1. The normalized spacial score (nSPS) is 17.3. The lowest BCUT2D eigenvalue weighted by Gasteiger charge is -2.27. The second-order valence-corrected chi connectivity index (χ2v) is 8.60. The standard InChI is InChI=1S/C27H25N5O2S/c1-34-18-24(33)29-20-10-12-22(13-11-20)32-26(25(30-27(32)35)23-9-5-6-15-28-23)19-14-16-31(17-19)21-7-3-2-4-8-21/h2-17,25-26H,18H2,1H3,(H,29,33)(H,30,35)/t25-,26+/m1/s1. The van der Waals surface area contributed by atoms with Gasteiger partial charge in [-0.2, -0.15) is 0 Å². The van der Waals surface area contributed by atoms with Gasteiger partial charge in [0.1, 0.15) is 6.61 Å². The van der Waals surface area contributed by atoms with E-state index in [0.29, 0.717) is 10.8 Å². The highest BCUT2D eigenvalue weighted by Crippen LogP contribution is 2.42. The van der Waals surface area contributed by atoms with Gasteiger partial charge >= 0.3 is 0 Å². The van der Waals surface area contributed by atoms with Crippen LogP contribution in [-0.4, -0.2) is 34.3 Å². The summed E-state index contributed by atoms with van der Waals surface area (Å²) in [5.74, 6) is -0.200. The lowest BCUT2D eigenvalue weighted by Crippen LogP contribution is -2.29. The Morgan fingerprint density at radius 1 is 1.03 bits per heavy atom. The first-order valence-corrected chi connectivity index (χ1v) is 11.7. The van der Waals surface area contributed by atoms with Crippen LogP contribution in [0.25, 0.3) is 5.69 Å². The van der Waals surface area contributed by atoms with Gasteiger partial charge in [0, 0.05) is 42.8 Å². The van der Waals surface area contributed by atoms with Gasteiger partial charge in [-0.15, -0.1) is 0 Å². The fraction of sp³-hybridized carbons (Fsp3) is 0.148. The topological polar surface area (TPSA) is 71.4 Å². The van der Waals surface area contributed by atoms with Crippen LogP contribution in [0.4, 0.5) is 11.4 Å². The van der Waals surface area contributed by atoms with E-state index in [4.69, 9.17) is 17.0 Å². The Hall–Kier alpha value is -4.01. The first-order valence-electron chi connectivity index (χ1n) is 11.3. The molecule has 0 saturated carbocycles. The molecule has 2 aromatic heterocycles.